The second kappa shape index (κ2) is 11.6. The summed E-state index contributed by atoms with van der Waals surface area (Å²) in [4.78, 5) is 39.3. The first-order valence-corrected chi connectivity index (χ1v) is 14.0. The van der Waals surface area contributed by atoms with Crippen LogP contribution < -0.4 is 5.32 Å². The van der Waals surface area contributed by atoms with Gasteiger partial charge in [0.05, 0.1) is 6.04 Å². The number of H-pyrrole nitrogens is 1. The number of amides is 2. The van der Waals surface area contributed by atoms with Gasteiger partial charge < -0.3 is 24.8 Å². The van der Waals surface area contributed by atoms with Crippen molar-refractivity contribution in [2.24, 2.45) is 0 Å². The van der Waals surface area contributed by atoms with Gasteiger partial charge in [-0.1, -0.05) is 60.7 Å². The molecule has 0 bridgehead atoms. The van der Waals surface area contributed by atoms with Gasteiger partial charge in [-0.15, -0.1) is 0 Å². The summed E-state index contributed by atoms with van der Waals surface area (Å²) in [6.07, 6.45) is 2.42. The Labute approximate surface area is 230 Å². The molecule has 2 aliphatic rings. The van der Waals surface area contributed by atoms with Crippen LogP contribution in [0.5, 0.6) is 0 Å². The van der Waals surface area contributed by atoms with Crippen molar-refractivity contribution in [1.29, 1.82) is 0 Å². The van der Waals surface area contributed by atoms with E-state index in [2.05, 4.69) is 22.4 Å². The molecule has 0 aliphatic carbocycles. The summed E-state index contributed by atoms with van der Waals surface area (Å²) in [5.74, 6) is 1.02. The zero-order valence-electron chi connectivity index (χ0n) is 23.2. The number of aromatic nitrogens is 2. The molecule has 1 unspecified atom stereocenters. The zero-order valence-corrected chi connectivity index (χ0v) is 23.2. The fourth-order valence-electron chi connectivity index (χ4n) is 5.45. The van der Waals surface area contributed by atoms with Gasteiger partial charge in [0.2, 0.25) is 0 Å². The molecule has 39 heavy (non-hydrogen) atoms. The number of carbonyl (C=O) groups excluding carboxylic acids is 2. The number of hydrogen-bond donors (Lipinski definition) is 2. The highest BCUT2D eigenvalue weighted by molar-refractivity contribution is 5.98. The molecule has 206 valence electrons. The van der Waals surface area contributed by atoms with Gasteiger partial charge in [0.1, 0.15) is 22.8 Å². The number of hydrogen-bond acceptors (Lipinski definition) is 5. The molecule has 2 amide bonds. The van der Waals surface area contributed by atoms with Gasteiger partial charge in [0.15, 0.2) is 0 Å². The molecule has 8 heteroatoms. The van der Waals surface area contributed by atoms with E-state index in [1.807, 2.05) is 74.2 Å². The molecule has 3 heterocycles. The summed E-state index contributed by atoms with van der Waals surface area (Å²) in [7, 11) is 0. The van der Waals surface area contributed by atoms with Gasteiger partial charge in [-0.05, 0) is 52.1 Å². The molecule has 2 N–H and O–H groups in total. The Kier molecular flexibility index (Phi) is 8.02. The van der Waals surface area contributed by atoms with Crippen LogP contribution in [0.2, 0.25) is 0 Å². The third-order valence-electron chi connectivity index (χ3n) is 7.38. The average molecular weight is 530 g/mol. The lowest BCUT2D eigenvalue weighted by Crippen LogP contribution is -2.58. The third kappa shape index (κ3) is 6.50. The van der Waals surface area contributed by atoms with Gasteiger partial charge >= 0.3 is 6.09 Å². The van der Waals surface area contributed by atoms with Crippen molar-refractivity contribution in [2.45, 2.75) is 57.6 Å². The fourth-order valence-corrected chi connectivity index (χ4v) is 5.45. The predicted octanol–water partition coefficient (Wildman–Crippen LogP) is 4.85. The van der Waals surface area contributed by atoms with Crippen LogP contribution in [-0.2, 0) is 11.2 Å². The number of nitrogens with zero attached hydrogens (tertiary/aromatic N) is 3. The maximum absolute atomic E-state index is 14.3. The Morgan fingerprint density at radius 1 is 1.03 bits per heavy atom. The molecule has 2 fully saturated rings. The number of imidazole rings is 1. The van der Waals surface area contributed by atoms with Crippen LogP contribution in [0.4, 0.5) is 4.79 Å². The Morgan fingerprint density at radius 3 is 2.41 bits per heavy atom. The highest BCUT2D eigenvalue weighted by atomic mass is 16.6. The minimum absolute atomic E-state index is 0.0823. The molecule has 2 aliphatic heterocycles. The summed E-state index contributed by atoms with van der Waals surface area (Å²) in [6.45, 7) is 8.71. The third-order valence-corrected chi connectivity index (χ3v) is 7.38. The van der Waals surface area contributed by atoms with Gasteiger partial charge in [0, 0.05) is 37.7 Å². The van der Waals surface area contributed by atoms with Crippen LogP contribution in [0, 0.1) is 0 Å². The topological polar surface area (TPSA) is 90.6 Å². The zero-order chi connectivity index (χ0) is 27.4. The predicted molar refractivity (Wildman–Crippen MR) is 152 cm³/mol. The number of nitrogens with one attached hydrogen (secondary N) is 2. The molecule has 5 rings (SSSR count). The lowest BCUT2D eigenvalue weighted by Gasteiger charge is -2.41. The number of aromatic amines is 1. The Morgan fingerprint density at radius 2 is 1.74 bits per heavy atom. The standard InChI is InChI=1S/C31H39N5O3/c1-31(2,3)39-30(38)35-17-18-36(25(21-35)19-22-11-6-4-7-12-22)29(37)27-26(23-13-8-5-9-14-23)33-28(34-27)24-15-10-16-32-20-24/h4-9,11-14,24-25,32H,10,15-21H2,1-3H3,(H,33,34)/t24?,25-/m1/s1. The molecular weight excluding hydrogens is 490 g/mol. The number of ether oxygens (including phenoxy) is 1. The van der Waals surface area contributed by atoms with Gasteiger partial charge in [0.25, 0.3) is 5.91 Å². The molecule has 0 saturated carbocycles. The maximum atomic E-state index is 14.3. The van der Waals surface area contributed by atoms with Crippen LogP contribution >= 0.6 is 0 Å². The van der Waals surface area contributed by atoms with Crippen LogP contribution in [-0.4, -0.2) is 76.1 Å². The van der Waals surface area contributed by atoms with Crippen molar-refractivity contribution in [3.05, 3.63) is 77.7 Å². The summed E-state index contributed by atoms with van der Waals surface area (Å²) in [5, 5.41) is 3.46. The van der Waals surface area contributed by atoms with Crippen molar-refractivity contribution in [2.75, 3.05) is 32.7 Å². The van der Waals surface area contributed by atoms with Crippen molar-refractivity contribution in [3.63, 3.8) is 0 Å². The highest BCUT2D eigenvalue weighted by Gasteiger charge is 2.37. The summed E-state index contributed by atoms with van der Waals surface area (Å²) < 4.78 is 5.66. The van der Waals surface area contributed by atoms with E-state index in [0.29, 0.717) is 37.4 Å². The highest BCUT2D eigenvalue weighted by Crippen LogP contribution is 2.29. The lowest BCUT2D eigenvalue weighted by atomic mass is 9.99. The van der Waals surface area contributed by atoms with E-state index >= 15 is 0 Å². The fraction of sp³-hybridized carbons (Fsp3) is 0.452. The van der Waals surface area contributed by atoms with Gasteiger partial charge in [-0.3, -0.25) is 4.79 Å². The van der Waals surface area contributed by atoms with Crippen molar-refractivity contribution in [3.8, 4) is 11.3 Å². The quantitative estimate of drug-likeness (QED) is 0.493. The van der Waals surface area contributed by atoms with E-state index in [0.717, 1.165) is 42.9 Å². The number of piperidine rings is 1. The molecule has 3 aromatic rings. The number of carbonyl (C=O) groups is 2. The largest absolute Gasteiger partial charge is 0.444 e. The first kappa shape index (κ1) is 26.9. The molecule has 2 atom stereocenters. The number of piperazine rings is 1. The van der Waals surface area contributed by atoms with Gasteiger partial charge in [-0.25, -0.2) is 9.78 Å². The minimum Gasteiger partial charge on any atom is -0.444 e. The summed E-state index contributed by atoms with van der Waals surface area (Å²) in [5.41, 5.74) is 2.66. The molecule has 2 aromatic carbocycles. The second-order valence-electron chi connectivity index (χ2n) is 11.5. The molecule has 0 radical (unpaired) electrons. The van der Waals surface area contributed by atoms with Crippen molar-refractivity contribution >= 4 is 12.0 Å². The van der Waals surface area contributed by atoms with Crippen molar-refractivity contribution in [1.82, 2.24) is 25.1 Å². The van der Waals surface area contributed by atoms with Gasteiger partial charge in [-0.2, -0.15) is 0 Å². The smallest absolute Gasteiger partial charge is 0.410 e. The monoisotopic (exact) mass is 529 g/mol. The van der Waals surface area contributed by atoms with Crippen LogP contribution in [0.1, 0.15) is 61.4 Å². The Bertz CT molecular complexity index is 1260. The Hall–Kier alpha value is -3.65. The second-order valence-corrected chi connectivity index (χ2v) is 11.5. The molecular formula is C31H39N5O3. The van der Waals surface area contributed by atoms with Crippen molar-refractivity contribution < 1.29 is 14.3 Å². The first-order chi connectivity index (χ1) is 18.8. The van der Waals surface area contributed by atoms with E-state index in [1.165, 1.54) is 0 Å². The molecule has 0 spiro atoms. The lowest BCUT2D eigenvalue weighted by molar-refractivity contribution is 0.00429. The van der Waals surface area contributed by atoms with E-state index in [-0.39, 0.29) is 24.0 Å². The molecule has 8 nitrogen and oxygen atoms in total. The van der Waals surface area contributed by atoms with Crippen LogP contribution in [0.25, 0.3) is 11.3 Å². The molecule has 2 saturated heterocycles. The molecule has 1 aromatic heterocycles. The van der Waals surface area contributed by atoms with Crippen LogP contribution in [0.15, 0.2) is 60.7 Å². The first-order valence-electron chi connectivity index (χ1n) is 14.0. The van der Waals surface area contributed by atoms with E-state index in [4.69, 9.17) is 9.72 Å². The van der Waals surface area contributed by atoms with Crippen LogP contribution in [0.3, 0.4) is 0 Å². The number of benzene rings is 2. The maximum Gasteiger partial charge on any atom is 0.410 e. The van der Waals surface area contributed by atoms with E-state index < -0.39 is 5.60 Å². The minimum atomic E-state index is -0.580. The van der Waals surface area contributed by atoms with E-state index in [1.54, 1.807) is 4.90 Å². The SMILES string of the molecule is CC(C)(C)OC(=O)N1CCN(C(=O)c2[nH]c(C3CCCNC3)nc2-c2ccccc2)[C@H](Cc2ccccc2)C1. The average Bonchev–Trinajstić information content (AvgIpc) is 3.39. The van der Waals surface area contributed by atoms with E-state index in [9.17, 15) is 9.59 Å². The summed E-state index contributed by atoms with van der Waals surface area (Å²) in [6, 6.07) is 19.8. The Balaban J connectivity index is 1.46. The number of rotatable bonds is 5. The normalized spacial score (nSPS) is 20.1. The summed E-state index contributed by atoms with van der Waals surface area (Å²) >= 11 is 0.